The van der Waals surface area contributed by atoms with Crippen molar-refractivity contribution >= 4 is 17.3 Å². The Bertz CT molecular complexity index is 461. The third-order valence-electron chi connectivity index (χ3n) is 2.66. The average Bonchev–Trinajstić information content (AvgIpc) is 2.27. The number of nitrogens with two attached hydrogens (primary N) is 2. The molecule has 0 aromatic heterocycles. The van der Waals surface area contributed by atoms with E-state index in [2.05, 4.69) is 5.32 Å². The molecule has 1 aromatic rings. The first kappa shape index (κ1) is 14.2. The number of carbonyl (C=O) groups excluding carboxylic acids is 1. The molecule has 0 fully saturated rings. The highest BCUT2D eigenvalue weighted by Gasteiger charge is 2.18. The van der Waals surface area contributed by atoms with Crippen molar-refractivity contribution in [3.8, 4) is 0 Å². The lowest BCUT2D eigenvalue weighted by atomic mass is 10.1. The molecule has 0 saturated heterocycles. The molecule has 0 radical (unpaired) electrons. The van der Waals surface area contributed by atoms with Crippen molar-refractivity contribution in [3.63, 3.8) is 0 Å². The van der Waals surface area contributed by atoms with Crippen LogP contribution in [0.5, 0.6) is 0 Å². The van der Waals surface area contributed by atoms with Gasteiger partial charge in [-0.25, -0.2) is 4.39 Å². The summed E-state index contributed by atoms with van der Waals surface area (Å²) in [4.78, 5) is 11.1. The number of nitrogen functional groups attached to an aromatic ring is 1. The fourth-order valence-electron chi connectivity index (χ4n) is 1.32. The van der Waals surface area contributed by atoms with Gasteiger partial charge in [0.25, 0.3) is 5.91 Å². The summed E-state index contributed by atoms with van der Waals surface area (Å²) in [5.41, 5.74) is 10.5. The van der Waals surface area contributed by atoms with Crippen molar-refractivity contribution in [2.45, 2.75) is 19.4 Å². The second kappa shape index (κ2) is 5.22. The van der Waals surface area contributed by atoms with Crippen molar-refractivity contribution < 1.29 is 13.9 Å². The predicted octanol–water partition coefficient (Wildman–Crippen LogP) is 1.34. The number of ether oxygens (including phenoxy) is 1. The number of hydrogen-bond donors (Lipinski definition) is 3. The van der Waals surface area contributed by atoms with Gasteiger partial charge in [0.05, 0.1) is 16.9 Å². The number of rotatable bonds is 5. The van der Waals surface area contributed by atoms with Crippen molar-refractivity contribution in [1.82, 2.24) is 0 Å². The van der Waals surface area contributed by atoms with E-state index < -0.39 is 17.3 Å². The van der Waals surface area contributed by atoms with Gasteiger partial charge >= 0.3 is 0 Å². The molecule has 1 aromatic carbocycles. The van der Waals surface area contributed by atoms with E-state index in [0.717, 1.165) is 6.07 Å². The Kier molecular flexibility index (Phi) is 4.13. The zero-order valence-electron chi connectivity index (χ0n) is 10.7. The summed E-state index contributed by atoms with van der Waals surface area (Å²) in [5.74, 6) is -1.23. The summed E-state index contributed by atoms with van der Waals surface area (Å²) in [6.45, 7) is 4.08. The molecule has 0 atom stereocenters. The maximum atomic E-state index is 13.6. The number of carbonyl (C=O) groups is 1. The third kappa shape index (κ3) is 3.33. The number of amides is 1. The summed E-state index contributed by atoms with van der Waals surface area (Å²) in [6, 6.07) is 2.38. The van der Waals surface area contributed by atoms with Gasteiger partial charge in [0.2, 0.25) is 0 Å². The topological polar surface area (TPSA) is 90.4 Å². The summed E-state index contributed by atoms with van der Waals surface area (Å²) in [7, 11) is 1.57. The molecule has 5 N–H and O–H groups in total. The number of benzene rings is 1. The van der Waals surface area contributed by atoms with E-state index in [1.165, 1.54) is 6.07 Å². The van der Waals surface area contributed by atoms with Crippen LogP contribution in [0.25, 0.3) is 0 Å². The molecule has 100 valence electrons. The zero-order valence-corrected chi connectivity index (χ0v) is 10.7. The monoisotopic (exact) mass is 255 g/mol. The van der Waals surface area contributed by atoms with E-state index in [4.69, 9.17) is 16.2 Å². The van der Waals surface area contributed by atoms with E-state index in [0.29, 0.717) is 6.54 Å². The fourth-order valence-corrected chi connectivity index (χ4v) is 1.32. The van der Waals surface area contributed by atoms with Crippen molar-refractivity contribution in [1.29, 1.82) is 0 Å². The van der Waals surface area contributed by atoms with Crippen molar-refractivity contribution in [3.05, 3.63) is 23.5 Å². The minimum atomic E-state index is -0.693. The number of hydrogen-bond acceptors (Lipinski definition) is 4. The maximum Gasteiger partial charge on any atom is 0.250 e. The van der Waals surface area contributed by atoms with Gasteiger partial charge in [0.15, 0.2) is 0 Å². The second-order valence-electron chi connectivity index (χ2n) is 4.60. The Hall–Kier alpha value is -1.82. The predicted molar refractivity (Wildman–Crippen MR) is 68.9 cm³/mol. The number of anilines is 2. The molecular weight excluding hydrogens is 237 g/mol. The molecule has 6 heteroatoms. The summed E-state index contributed by atoms with van der Waals surface area (Å²) in [6.07, 6.45) is 0. The van der Waals surface area contributed by atoms with Crippen LogP contribution in [-0.2, 0) is 4.74 Å². The molecule has 5 nitrogen and oxygen atoms in total. The second-order valence-corrected chi connectivity index (χ2v) is 4.60. The molecule has 0 bridgehead atoms. The Morgan fingerprint density at radius 1 is 1.50 bits per heavy atom. The lowest BCUT2D eigenvalue weighted by Crippen LogP contribution is -2.32. The molecule has 0 saturated carbocycles. The van der Waals surface area contributed by atoms with E-state index in [9.17, 15) is 9.18 Å². The molecule has 0 spiro atoms. The Balaban J connectivity index is 2.96. The molecule has 0 aliphatic heterocycles. The number of methoxy groups -OCH3 is 1. The van der Waals surface area contributed by atoms with Gasteiger partial charge in [0, 0.05) is 19.3 Å². The molecule has 0 unspecified atom stereocenters. The van der Waals surface area contributed by atoms with Gasteiger partial charge < -0.3 is 21.5 Å². The largest absolute Gasteiger partial charge is 0.398 e. The average molecular weight is 255 g/mol. The van der Waals surface area contributed by atoms with Gasteiger partial charge in [0.1, 0.15) is 5.82 Å². The zero-order chi connectivity index (χ0) is 13.9. The highest BCUT2D eigenvalue weighted by atomic mass is 19.1. The molecule has 1 amide bonds. The van der Waals surface area contributed by atoms with Gasteiger partial charge in [-0.15, -0.1) is 0 Å². The van der Waals surface area contributed by atoms with E-state index in [1.807, 2.05) is 13.8 Å². The van der Waals surface area contributed by atoms with Gasteiger partial charge in [-0.1, -0.05) is 0 Å². The van der Waals surface area contributed by atoms with E-state index >= 15 is 0 Å². The normalized spacial score (nSPS) is 11.3. The molecule has 0 aliphatic carbocycles. The fraction of sp³-hybridized carbons (Fsp3) is 0.417. The van der Waals surface area contributed by atoms with Crippen LogP contribution >= 0.6 is 0 Å². The lowest BCUT2D eigenvalue weighted by Gasteiger charge is -2.24. The summed E-state index contributed by atoms with van der Waals surface area (Å²) < 4.78 is 18.8. The van der Waals surface area contributed by atoms with Crippen LogP contribution < -0.4 is 16.8 Å². The van der Waals surface area contributed by atoms with Crippen LogP contribution in [0.3, 0.4) is 0 Å². The van der Waals surface area contributed by atoms with Gasteiger partial charge in [-0.3, -0.25) is 4.79 Å². The van der Waals surface area contributed by atoms with Crippen molar-refractivity contribution in [2.75, 3.05) is 24.7 Å². The molecule has 0 heterocycles. The quantitative estimate of drug-likeness (QED) is 0.692. The molecule has 18 heavy (non-hydrogen) atoms. The highest BCUT2D eigenvalue weighted by Crippen LogP contribution is 2.22. The van der Waals surface area contributed by atoms with E-state index in [1.54, 1.807) is 7.11 Å². The third-order valence-corrected chi connectivity index (χ3v) is 2.66. The summed E-state index contributed by atoms with van der Waals surface area (Å²) >= 11 is 0. The maximum absolute atomic E-state index is 13.6. The van der Waals surface area contributed by atoms with E-state index in [-0.39, 0.29) is 16.9 Å². The minimum absolute atomic E-state index is 0.0246. The van der Waals surface area contributed by atoms with Crippen LogP contribution in [-0.4, -0.2) is 25.2 Å². The van der Waals surface area contributed by atoms with Gasteiger partial charge in [-0.05, 0) is 26.0 Å². The Morgan fingerprint density at radius 3 is 2.61 bits per heavy atom. The van der Waals surface area contributed by atoms with Crippen LogP contribution in [0.2, 0.25) is 0 Å². The highest BCUT2D eigenvalue weighted by molar-refractivity contribution is 5.99. The lowest BCUT2D eigenvalue weighted by molar-refractivity contribution is 0.0343. The molecule has 1 rings (SSSR count). The number of nitrogens with one attached hydrogen (secondary N) is 1. The first-order valence-electron chi connectivity index (χ1n) is 5.44. The number of primary amides is 1. The van der Waals surface area contributed by atoms with Gasteiger partial charge in [-0.2, -0.15) is 0 Å². The van der Waals surface area contributed by atoms with Crippen LogP contribution in [0.15, 0.2) is 12.1 Å². The van der Waals surface area contributed by atoms with Crippen LogP contribution in [0.1, 0.15) is 24.2 Å². The Labute approximate surface area is 105 Å². The standard InChI is InChI=1S/C12H18FN3O2/c1-12(2,18-3)6-16-10-4-7(11(15)17)9(14)5-8(10)13/h4-5,16H,6,14H2,1-3H3,(H2,15,17). The number of halogens is 1. The summed E-state index contributed by atoms with van der Waals surface area (Å²) in [5, 5.41) is 2.86. The van der Waals surface area contributed by atoms with Crippen LogP contribution in [0.4, 0.5) is 15.8 Å². The SMILES string of the molecule is COC(C)(C)CNc1cc(C(N)=O)c(N)cc1F. The van der Waals surface area contributed by atoms with Crippen molar-refractivity contribution in [2.24, 2.45) is 5.73 Å². The molecular formula is C12H18FN3O2. The Morgan fingerprint density at radius 2 is 2.11 bits per heavy atom. The first-order valence-corrected chi connectivity index (χ1v) is 5.44. The smallest absolute Gasteiger partial charge is 0.250 e. The first-order chi connectivity index (χ1) is 8.26. The minimum Gasteiger partial charge on any atom is -0.398 e. The van der Waals surface area contributed by atoms with Crippen LogP contribution in [0, 0.1) is 5.82 Å². The molecule has 0 aliphatic rings.